The number of benzene rings is 1. The Balaban J connectivity index is 2.72. The Labute approximate surface area is 120 Å². The van der Waals surface area contributed by atoms with E-state index >= 15 is 0 Å². The minimum Gasteiger partial charge on any atom is -0.334 e. The van der Waals surface area contributed by atoms with E-state index in [9.17, 15) is 9.59 Å². The van der Waals surface area contributed by atoms with Crippen LogP contribution in [-0.2, 0) is 4.79 Å². The molecule has 0 spiro atoms. The SMILES string of the molecule is CC(=O)NC(NC(=O)c1ccc(Cl)cc1)C(Cl)Cl. The summed E-state index contributed by atoms with van der Waals surface area (Å²) >= 11 is 17.0. The molecule has 1 unspecified atom stereocenters. The van der Waals surface area contributed by atoms with Crippen molar-refractivity contribution in [2.45, 2.75) is 17.9 Å². The van der Waals surface area contributed by atoms with Crippen LogP contribution in [0, 0.1) is 0 Å². The Morgan fingerprint density at radius 3 is 2.11 bits per heavy atom. The van der Waals surface area contributed by atoms with Gasteiger partial charge in [0.25, 0.3) is 5.91 Å². The molecule has 0 saturated carbocycles. The Kier molecular flexibility index (Phi) is 5.72. The van der Waals surface area contributed by atoms with Gasteiger partial charge in [-0.15, -0.1) is 23.2 Å². The maximum Gasteiger partial charge on any atom is 0.252 e. The highest BCUT2D eigenvalue weighted by atomic mass is 35.5. The van der Waals surface area contributed by atoms with Crippen LogP contribution in [0.15, 0.2) is 24.3 Å². The van der Waals surface area contributed by atoms with E-state index in [1.165, 1.54) is 6.92 Å². The fourth-order valence-electron chi connectivity index (χ4n) is 1.21. The summed E-state index contributed by atoms with van der Waals surface area (Å²) in [5, 5.41) is 5.46. The van der Waals surface area contributed by atoms with Crippen LogP contribution >= 0.6 is 34.8 Å². The summed E-state index contributed by atoms with van der Waals surface area (Å²) in [6.07, 6.45) is -0.853. The minimum atomic E-state index is -0.954. The molecule has 2 N–H and O–H groups in total. The Morgan fingerprint density at radius 1 is 1.11 bits per heavy atom. The number of rotatable bonds is 4. The normalized spacial score (nSPS) is 12.1. The van der Waals surface area contributed by atoms with Gasteiger partial charge in [-0.2, -0.15) is 0 Å². The molecule has 0 bridgehead atoms. The highest BCUT2D eigenvalue weighted by molar-refractivity contribution is 6.45. The molecular formula is C11H11Cl3N2O2. The average Bonchev–Trinajstić information content (AvgIpc) is 2.28. The number of hydrogen-bond acceptors (Lipinski definition) is 2. The molecule has 98 valence electrons. The molecule has 0 aliphatic carbocycles. The van der Waals surface area contributed by atoms with Crippen molar-refractivity contribution in [3.05, 3.63) is 34.9 Å². The van der Waals surface area contributed by atoms with Gasteiger partial charge in [0.15, 0.2) is 0 Å². The third-order valence-corrected chi connectivity index (χ3v) is 2.76. The van der Waals surface area contributed by atoms with Crippen LogP contribution in [-0.4, -0.2) is 22.8 Å². The smallest absolute Gasteiger partial charge is 0.252 e. The average molecular weight is 310 g/mol. The molecule has 0 heterocycles. The second-order valence-corrected chi connectivity index (χ2v) is 5.09. The van der Waals surface area contributed by atoms with Gasteiger partial charge < -0.3 is 10.6 Å². The fraction of sp³-hybridized carbons (Fsp3) is 0.273. The fourth-order valence-corrected chi connectivity index (χ4v) is 1.58. The zero-order valence-electron chi connectivity index (χ0n) is 9.41. The Hall–Kier alpha value is -0.970. The second kappa shape index (κ2) is 6.83. The molecule has 4 nitrogen and oxygen atoms in total. The van der Waals surface area contributed by atoms with Crippen molar-refractivity contribution < 1.29 is 9.59 Å². The summed E-state index contributed by atoms with van der Waals surface area (Å²) in [7, 11) is 0. The van der Waals surface area contributed by atoms with Gasteiger partial charge >= 0.3 is 0 Å². The number of carbonyl (C=O) groups is 2. The van der Waals surface area contributed by atoms with Crippen molar-refractivity contribution >= 4 is 46.6 Å². The van der Waals surface area contributed by atoms with Crippen LogP contribution in [0.4, 0.5) is 0 Å². The maximum atomic E-state index is 11.8. The standard InChI is InChI=1S/C11H11Cl3N2O2/c1-6(17)15-10(9(13)14)16-11(18)7-2-4-8(12)5-3-7/h2-5,9-10H,1H3,(H,15,17)(H,16,18). The summed E-state index contributed by atoms with van der Waals surface area (Å²) < 4.78 is 0. The molecule has 1 rings (SSSR count). The summed E-state index contributed by atoms with van der Waals surface area (Å²) in [5.74, 6) is -0.751. The van der Waals surface area contributed by atoms with E-state index < -0.39 is 16.9 Å². The molecule has 1 atom stereocenters. The number of halogens is 3. The minimum absolute atomic E-state index is 0.345. The lowest BCUT2D eigenvalue weighted by atomic mass is 10.2. The van der Waals surface area contributed by atoms with Gasteiger partial charge in [0, 0.05) is 17.5 Å². The van der Waals surface area contributed by atoms with Crippen LogP contribution < -0.4 is 10.6 Å². The first kappa shape index (κ1) is 15.1. The topological polar surface area (TPSA) is 58.2 Å². The summed E-state index contributed by atoms with van der Waals surface area (Å²) in [6, 6.07) is 6.28. The summed E-state index contributed by atoms with van der Waals surface area (Å²) in [4.78, 5) is 21.8. The van der Waals surface area contributed by atoms with Gasteiger partial charge in [0.1, 0.15) is 11.0 Å². The van der Waals surface area contributed by atoms with E-state index in [4.69, 9.17) is 34.8 Å². The molecule has 0 radical (unpaired) electrons. The van der Waals surface area contributed by atoms with Crippen molar-refractivity contribution in [1.29, 1.82) is 0 Å². The van der Waals surface area contributed by atoms with Crippen LogP contribution in [0.1, 0.15) is 17.3 Å². The monoisotopic (exact) mass is 308 g/mol. The van der Waals surface area contributed by atoms with Crippen LogP contribution in [0.3, 0.4) is 0 Å². The van der Waals surface area contributed by atoms with Crippen molar-refractivity contribution in [2.24, 2.45) is 0 Å². The van der Waals surface area contributed by atoms with Crippen LogP contribution in [0.2, 0.25) is 5.02 Å². The van der Waals surface area contributed by atoms with E-state index in [0.717, 1.165) is 0 Å². The number of alkyl halides is 2. The highest BCUT2D eigenvalue weighted by Gasteiger charge is 2.20. The Bertz CT molecular complexity index is 434. The highest BCUT2D eigenvalue weighted by Crippen LogP contribution is 2.11. The van der Waals surface area contributed by atoms with E-state index in [1.54, 1.807) is 24.3 Å². The van der Waals surface area contributed by atoms with Crippen LogP contribution in [0.25, 0.3) is 0 Å². The lowest BCUT2D eigenvalue weighted by Crippen LogP contribution is -2.51. The van der Waals surface area contributed by atoms with Crippen LogP contribution in [0.5, 0.6) is 0 Å². The Morgan fingerprint density at radius 2 is 1.67 bits per heavy atom. The van der Waals surface area contributed by atoms with Gasteiger partial charge in [-0.05, 0) is 24.3 Å². The molecule has 1 aromatic carbocycles. The van der Waals surface area contributed by atoms with Gasteiger partial charge in [-0.1, -0.05) is 11.6 Å². The van der Waals surface area contributed by atoms with Crippen molar-refractivity contribution in [3.63, 3.8) is 0 Å². The molecule has 0 aliphatic heterocycles. The summed E-state index contributed by atoms with van der Waals surface area (Å²) in [6.45, 7) is 1.30. The number of nitrogens with one attached hydrogen (secondary N) is 2. The van der Waals surface area contributed by atoms with Gasteiger partial charge in [0.2, 0.25) is 5.91 Å². The number of hydrogen-bond donors (Lipinski definition) is 2. The first-order valence-electron chi connectivity index (χ1n) is 5.02. The molecule has 2 amide bonds. The zero-order chi connectivity index (χ0) is 13.7. The molecule has 0 aromatic heterocycles. The largest absolute Gasteiger partial charge is 0.334 e. The second-order valence-electron chi connectivity index (χ2n) is 3.49. The first-order chi connectivity index (χ1) is 8.40. The number of carbonyl (C=O) groups excluding carboxylic acids is 2. The molecule has 18 heavy (non-hydrogen) atoms. The van der Waals surface area contributed by atoms with Crippen molar-refractivity contribution in [3.8, 4) is 0 Å². The van der Waals surface area contributed by atoms with E-state index in [2.05, 4.69) is 10.6 Å². The summed E-state index contributed by atoms with van der Waals surface area (Å²) in [5.41, 5.74) is 0.392. The maximum absolute atomic E-state index is 11.8. The van der Waals surface area contributed by atoms with Gasteiger partial charge in [-0.25, -0.2) is 0 Å². The predicted octanol–water partition coefficient (Wildman–Crippen LogP) is 2.34. The molecule has 0 aliphatic rings. The van der Waals surface area contributed by atoms with E-state index in [-0.39, 0.29) is 5.91 Å². The van der Waals surface area contributed by atoms with Gasteiger partial charge in [0.05, 0.1) is 0 Å². The zero-order valence-corrected chi connectivity index (χ0v) is 11.7. The number of amides is 2. The molecule has 0 saturated heterocycles. The van der Waals surface area contributed by atoms with E-state index in [0.29, 0.717) is 10.6 Å². The first-order valence-corrected chi connectivity index (χ1v) is 6.27. The van der Waals surface area contributed by atoms with Crippen molar-refractivity contribution in [1.82, 2.24) is 10.6 Å². The predicted molar refractivity (Wildman–Crippen MR) is 72.0 cm³/mol. The molecule has 7 heteroatoms. The molecular weight excluding hydrogens is 298 g/mol. The lowest BCUT2D eigenvalue weighted by Gasteiger charge is -2.20. The van der Waals surface area contributed by atoms with Crippen molar-refractivity contribution in [2.75, 3.05) is 0 Å². The van der Waals surface area contributed by atoms with E-state index in [1.807, 2.05) is 0 Å². The quantitative estimate of drug-likeness (QED) is 0.662. The lowest BCUT2D eigenvalue weighted by molar-refractivity contribution is -0.119. The third kappa shape index (κ3) is 4.72. The molecule has 1 aromatic rings. The van der Waals surface area contributed by atoms with Gasteiger partial charge in [-0.3, -0.25) is 9.59 Å². The molecule has 0 fully saturated rings. The third-order valence-electron chi connectivity index (χ3n) is 2.00.